The maximum atomic E-state index is 5.67. The molecule has 2 heterocycles. The Hall–Kier alpha value is -1.87. The van der Waals surface area contributed by atoms with E-state index in [0.717, 1.165) is 36.7 Å². The van der Waals surface area contributed by atoms with E-state index in [9.17, 15) is 0 Å². The zero-order valence-corrected chi connectivity index (χ0v) is 11.1. The van der Waals surface area contributed by atoms with Crippen molar-refractivity contribution in [2.45, 2.75) is 25.9 Å². The zero-order valence-electron chi connectivity index (χ0n) is 11.1. The standard InChI is InChI=1S/C16H18N2O/c1-12-5-4-6-13(18-12)11-17-15-9-10-19-16-8-3-2-7-14(15)16/h2-8,15,17H,9-11H2,1H3. The molecule has 0 saturated heterocycles. The lowest BCUT2D eigenvalue weighted by Crippen LogP contribution is -2.27. The molecule has 3 rings (SSSR count). The van der Waals surface area contributed by atoms with Crippen molar-refractivity contribution in [1.29, 1.82) is 0 Å². The van der Waals surface area contributed by atoms with E-state index in [2.05, 4.69) is 34.6 Å². The predicted molar refractivity (Wildman–Crippen MR) is 75.1 cm³/mol. The molecule has 19 heavy (non-hydrogen) atoms. The Labute approximate surface area is 113 Å². The highest BCUT2D eigenvalue weighted by Crippen LogP contribution is 2.31. The van der Waals surface area contributed by atoms with Crippen LogP contribution in [0, 0.1) is 6.92 Å². The molecule has 98 valence electrons. The molecule has 0 fully saturated rings. The summed E-state index contributed by atoms with van der Waals surface area (Å²) in [6.07, 6.45) is 1.00. The Morgan fingerprint density at radius 1 is 1.21 bits per heavy atom. The van der Waals surface area contributed by atoms with Crippen molar-refractivity contribution in [2.24, 2.45) is 0 Å². The van der Waals surface area contributed by atoms with E-state index in [4.69, 9.17) is 4.74 Å². The number of para-hydroxylation sites is 1. The lowest BCUT2D eigenvalue weighted by Gasteiger charge is -2.26. The van der Waals surface area contributed by atoms with E-state index < -0.39 is 0 Å². The molecule has 1 aliphatic rings. The van der Waals surface area contributed by atoms with Crippen LogP contribution in [0.15, 0.2) is 42.5 Å². The summed E-state index contributed by atoms with van der Waals surface area (Å²) < 4.78 is 5.67. The van der Waals surface area contributed by atoms with Crippen molar-refractivity contribution in [1.82, 2.24) is 10.3 Å². The summed E-state index contributed by atoms with van der Waals surface area (Å²) >= 11 is 0. The second-order valence-corrected chi connectivity index (χ2v) is 4.88. The van der Waals surface area contributed by atoms with Crippen LogP contribution in [0.5, 0.6) is 5.75 Å². The van der Waals surface area contributed by atoms with Crippen LogP contribution in [0.2, 0.25) is 0 Å². The highest BCUT2D eigenvalue weighted by Gasteiger charge is 2.20. The lowest BCUT2D eigenvalue weighted by atomic mass is 10.0. The van der Waals surface area contributed by atoms with Gasteiger partial charge in [0.05, 0.1) is 12.3 Å². The minimum absolute atomic E-state index is 0.354. The molecule has 3 heteroatoms. The van der Waals surface area contributed by atoms with Gasteiger partial charge in [0.2, 0.25) is 0 Å². The van der Waals surface area contributed by atoms with Gasteiger partial charge in [0, 0.05) is 30.3 Å². The maximum absolute atomic E-state index is 5.67. The minimum Gasteiger partial charge on any atom is -0.493 e. The van der Waals surface area contributed by atoms with Gasteiger partial charge in [-0.3, -0.25) is 4.98 Å². The Balaban J connectivity index is 1.71. The van der Waals surface area contributed by atoms with Crippen LogP contribution in [0.1, 0.15) is 29.4 Å². The number of hydrogen-bond acceptors (Lipinski definition) is 3. The number of hydrogen-bond donors (Lipinski definition) is 1. The monoisotopic (exact) mass is 254 g/mol. The van der Waals surface area contributed by atoms with Crippen molar-refractivity contribution in [2.75, 3.05) is 6.61 Å². The van der Waals surface area contributed by atoms with Crippen LogP contribution >= 0.6 is 0 Å². The second-order valence-electron chi connectivity index (χ2n) is 4.88. The minimum atomic E-state index is 0.354. The smallest absolute Gasteiger partial charge is 0.124 e. The van der Waals surface area contributed by atoms with Crippen LogP contribution in [-0.2, 0) is 6.54 Å². The van der Waals surface area contributed by atoms with E-state index in [1.807, 2.05) is 25.1 Å². The Bertz CT molecular complexity index is 568. The van der Waals surface area contributed by atoms with Crippen molar-refractivity contribution in [3.8, 4) is 5.75 Å². The van der Waals surface area contributed by atoms with Gasteiger partial charge in [-0.05, 0) is 25.1 Å². The molecule has 1 N–H and O–H groups in total. The first-order valence-electron chi connectivity index (χ1n) is 6.70. The molecule has 1 aliphatic heterocycles. The topological polar surface area (TPSA) is 34.1 Å². The molecule has 1 atom stereocenters. The molecule has 1 aromatic carbocycles. The van der Waals surface area contributed by atoms with Crippen molar-refractivity contribution in [3.05, 3.63) is 59.4 Å². The Morgan fingerprint density at radius 3 is 3.00 bits per heavy atom. The van der Waals surface area contributed by atoms with Crippen molar-refractivity contribution < 1.29 is 4.74 Å². The second kappa shape index (κ2) is 5.41. The third-order valence-electron chi connectivity index (χ3n) is 3.43. The largest absolute Gasteiger partial charge is 0.493 e. The average molecular weight is 254 g/mol. The molecular weight excluding hydrogens is 236 g/mol. The molecule has 3 nitrogen and oxygen atoms in total. The third kappa shape index (κ3) is 2.76. The van der Waals surface area contributed by atoms with Crippen molar-refractivity contribution >= 4 is 0 Å². The Morgan fingerprint density at radius 2 is 2.11 bits per heavy atom. The molecule has 0 bridgehead atoms. The summed E-state index contributed by atoms with van der Waals surface area (Å²) in [4.78, 5) is 4.52. The van der Waals surface area contributed by atoms with Gasteiger partial charge in [0.25, 0.3) is 0 Å². The van der Waals surface area contributed by atoms with Gasteiger partial charge in [0.15, 0.2) is 0 Å². The quantitative estimate of drug-likeness (QED) is 0.914. The molecular formula is C16H18N2O. The number of aromatic nitrogens is 1. The first-order chi connectivity index (χ1) is 9.33. The van der Waals surface area contributed by atoms with Gasteiger partial charge in [-0.25, -0.2) is 0 Å². The molecule has 0 aliphatic carbocycles. The number of ether oxygens (including phenoxy) is 1. The van der Waals surface area contributed by atoms with Gasteiger partial charge < -0.3 is 10.1 Å². The molecule has 0 spiro atoms. The highest BCUT2D eigenvalue weighted by molar-refractivity contribution is 5.37. The van der Waals surface area contributed by atoms with Crippen LogP contribution < -0.4 is 10.1 Å². The third-order valence-corrected chi connectivity index (χ3v) is 3.43. The predicted octanol–water partition coefficient (Wildman–Crippen LogP) is 3.00. The van der Waals surface area contributed by atoms with Crippen LogP contribution in [-0.4, -0.2) is 11.6 Å². The van der Waals surface area contributed by atoms with E-state index in [1.54, 1.807) is 0 Å². The summed E-state index contributed by atoms with van der Waals surface area (Å²) in [5.74, 6) is 1.00. The van der Waals surface area contributed by atoms with Gasteiger partial charge >= 0.3 is 0 Å². The molecule has 1 unspecified atom stereocenters. The fourth-order valence-electron chi connectivity index (χ4n) is 2.48. The van der Waals surface area contributed by atoms with E-state index in [-0.39, 0.29) is 0 Å². The number of rotatable bonds is 3. The molecule has 0 saturated carbocycles. The summed E-state index contributed by atoms with van der Waals surface area (Å²) in [7, 11) is 0. The first-order valence-corrected chi connectivity index (χ1v) is 6.70. The zero-order chi connectivity index (χ0) is 13.1. The number of aryl methyl sites for hydroxylation is 1. The fraction of sp³-hybridized carbons (Fsp3) is 0.312. The highest BCUT2D eigenvalue weighted by atomic mass is 16.5. The summed E-state index contributed by atoms with van der Waals surface area (Å²) in [6.45, 7) is 3.59. The van der Waals surface area contributed by atoms with Gasteiger partial charge in [-0.1, -0.05) is 24.3 Å². The number of nitrogens with one attached hydrogen (secondary N) is 1. The van der Waals surface area contributed by atoms with Crippen LogP contribution in [0.25, 0.3) is 0 Å². The number of fused-ring (bicyclic) bond motifs is 1. The maximum Gasteiger partial charge on any atom is 0.124 e. The van der Waals surface area contributed by atoms with Gasteiger partial charge in [0.1, 0.15) is 5.75 Å². The van der Waals surface area contributed by atoms with Crippen LogP contribution in [0.4, 0.5) is 0 Å². The summed E-state index contributed by atoms with van der Waals surface area (Å²) in [5.41, 5.74) is 3.40. The number of nitrogens with zero attached hydrogens (tertiary/aromatic N) is 1. The normalized spacial score (nSPS) is 17.6. The van der Waals surface area contributed by atoms with Crippen LogP contribution in [0.3, 0.4) is 0 Å². The molecule has 1 aromatic heterocycles. The summed E-state index contributed by atoms with van der Waals surface area (Å²) in [6, 6.07) is 14.7. The number of benzene rings is 1. The molecule has 0 amide bonds. The van der Waals surface area contributed by atoms with E-state index in [0.29, 0.717) is 6.04 Å². The van der Waals surface area contributed by atoms with E-state index >= 15 is 0 Å². The molecule has 2 aromatic rings. The Kier molecular flexibility index (Phi) is 3.47. The molecule has 0 radical (unpaired) electrons. The fourth-order valence-corrected chi connectivity index (χ4v) is 2.48. The SMILES string of the molecule is Cc1cccc(CNC2CCOc3ccccc32)n1. The van der Waals surface area contributed by atoms with E-state index in [1.165, 1.54) is 5.56 Å². The first kappa shape index (κ1) is 12.2. The van der Waals surface area contributed by atoms with Gasteiger partial charge in [-0.2, -0.15) is 0 Å². The number of pyridine rings is 1. The average Bonchev–Trinajstić information content (AvgIpc) is 2.45. The van der Waals surface area contributed by atoms with Gasteiger partial charge in [-0.15, -0.1) is 0 Å². The lowest BCUT2D eigenvalue weighted by molar-refractivity contribution is 0.252. The summed E-state index contributed by atoms with van der Waals surface area (Å²) in [5, 5.41) is 3.58. The van der Waals surface area contributed by atoms with Crippen molar-refractivity contribution in [3.63, 3.8) is 0 Å².